The standard InChI is InChI=1S/C16H19NO/c1-11-4-5-14(8-12(11)2)10-16(18)15-6-7-17-13(3)9-15/h4-9,16,18H,10H2,1-3H3. The van der Waals surface area contributed by atoms with Gasteiger partial charge in [0.2, 0.25) is 0 Å². The van der Waals surface area contributed by atoms with Crippen LogP contribution in [0.15, 0.2) is 36.5 Å². The summed E-state index contributed by atoms with van der Waals surface area (Å²) in [6.45, 7) is 6.13. The van der Waals surface area contributed by atoms with E-state index >= 15 is 0 Å². The summed E-state index contributed by atoms with van der Waals surface area (Å²) >= 11 is 0. The summed E-state index contributed by atoms with van der Waals surface area (Å²) < 4.78 is 0. The van der Waals surface area contributed by atoms with Crippen LogP contribution in [0.4, 0.5) is 0 Å². The molecule has 0 fully saturated rings. The lowest BCUT2D eigenvalue weighted by Gasteiger charge is -2.12. The Morgan fingerprint density at radius 1 is 1.06 bits per heavy atom. The van der Waals surface area contributed by atoms with E-state index in [9.17, 15) is 5.11 Å². The third-order valence-electron chi connectivity index (χ3n) is 3.31. The number of nitrogens with zero attached hydrogens (tertiary/aromatic N) is 1. The molecule has 94 valence electrons. The van der Waals surface area contributed by atoms with Gasteiger partial charge in [-0.1, -0.05) is 18.2 Å². The number of aliphatic hydroxyl groups is 1. The van der Waals surface area contributed by atoms with Gasteiger partial charge in [0.15, 0.2) is 0 Å². The van der Waals surface area contributed by atoms with E-state index in [4.69, 9.17) is 0 Å². The normalized spacial score (nSPS) is 12.4. The average molecular weight is 241 g/mol. The molecule has 0 aliphatic carbocycles. The minimum Gasteiger partial charge on any atom is -0.388 e. The number of aliphatic hydroxyl groups excluding tert-OH is 1. The van der Waals surface area contributed by atoms with Gasteiger partial charge >= 0.3 is 0 Å². The quantitative estimate of drug-likeness (QED) is 0.894. The molecule has 1 aromatic heterocycles. The van der Waals surface area contributed by atoms with Crippen molar-refractivity contribution in [3.8, 4) is 0 Å². The number of rotatable bonds is 3. The van der Waals surface area contributed by atoms with Gasteiger partial charge < -0.3 is 5.11 Å². The van der Waals surface area contributed by atoms with Crippen molar-refractivity contribution >= 4 is 0 Å². The molecule has 1 heterocycles. The van der Waals surface area contributed by atoms with Gasteiger partial charge in [0.05, 0.1) is 6.10 Å². The first kappa shape index (κ1) is 12.8. The number of pyridine rings is 1. The Morgan fingerprint density at radius 3 is 2.50 bits per heavy atom. The molecule has 0 amide bonds. The minimum absolute atomic E-state index is 0.464. The highest BCUT2D eigenvalue weighted by Crippen LogP contribution is 2.20. The van der Waals surface area contributed by atoms with Crippen LogP contribution in [-0.4, -0.2) is 10.1 Å². The van der Waals surface area contributed by atoms with Crippen LogP contribution in [0.1, 0.15) is 34.1 Å². The molecule has 0 saturated carbocycles. The van der Waals surface area contributed by atoms with Crippen LogP contribution in [0, 0.1) is 20.8 Å². The summed E-state index contributed by atoms with van der Waals surface area (Å²) in [6.07, 6.45) is 1.92. The molecular formula is C16H19NO. The van der Waals surface area contributed by atoms with Gasteiger partial charge in [-0.05, 0) is 55.2 Å². The fourth-order valence-corrected chi connectivity index (χ4v) is 2.05. The van der Waals surface area contributed by atoms with E-state index in [1.807, 2.05) is 19.1 Å². The summed E-state index contributed by atoms with van der Waals surface area (Å²) in [5.41, 5.74) is 5.59. The van der Waals surface area contributed by atoms with E-state index in [-0.39, 0.29) is 0 Å². The predicted octanol–water partition coefficient (Wildman–Crippen LogP) is 3.28. The Balaban J connectivity index is 2.16. The molecule has 18 heavy (non-hydrogen) atoms. The van der Waals surface area contributed by atoms with Crippen molar-refractivity contribution in [2.75, 3.05) is 0 Å². The number of hydrogen-bond donors (Lipinski definition) is 1. The van der Waals surface area contributed by atoms with Crippen LogP contribution in [0.25, 0.3) is 0 Å². The van der Waals surface area contributed by atoms with Crippen molar-refractivity contribution in [3.05, 3.63) is 64.5 Å². The summed E-state index contributed by atoms with van der Waals surface area (Å²) in [5.74, 6) is 0. The monoisotopic (exact) mass is 241 g/mol. The Kier molecular flexibility index (Phi) is 3.78. The third-order valence-corrected chi connectivity index (χ3v) is 3.31. The first-order valence-corrected chi connectivity index (χ1v) is 6.23. The van der Waals surface area contributed by atoms with Gasteiger partial charge in [0.1, 0.15) is 0 Å². The highest BCUT2D eigenvalue weighted by molar-refractivity contribution is 5.31. The highest BCUT2D eigenvalue weighted by Gasteiger charge is 2.09. The highest BCUT2D eigenvalue weighted by atomic mass is 16.3. The van der Waals surface area contributed by atoms with Crippen molar-refractivity contribution in [2.45, 2.75) is 33.3 Å². The van der Waals surface area contributed by atoms with E-state index in [1.165, 1.54) is 16.7 Å². The van der Waals surface area contributed by atoms with E-state index in [1.54, 1.807) is 6.20 Å². The number of benzene rings is 1. The van der Waals surface area contributed by atoms with Crippen LogP contribution in [0.2, 0.25) is 0 Å². The summed E-state index contributed by atoms with van der Waals surface area (Å²) in [4.78, 5) is 4.14. The Bertz CT molecular complexity index is 549. The topological polar surface area (TPSA) is 33.1 Å². The van der Waals surface area contributed by atoms with Crippen molar-refractivity contribution in [1.29, 1.82) is 0 Å². The fourth-order valence-electron chi connectivity index (χ4n) is 2.05. The molecule has 1 unspecified atom stereocenters. The van der Waals surface area contributed by atoms with E-state index < -0.39 is 6.10 Å². The maximum Gasteiger partial charge on any atom is 0.0831 e. The molecule has 0 saturated heterocycles. The van der Waals surface area contributed by atoms with Gasteiger partial charge in [-0.3, -0.25) is 4.98 Å². The summed E-state index contributed by atoms with van der Waals surface area (Å²) in [7, 11) is 0. The smallest absolute Gasteiger partial charge is 0.0831 e. The lowest BCUT2D eigenvalue weighted by atomic mass is 9.99. The molecule has 2 nitrogen and oxygen atoms in total. The molecule has 0 spiro atoms. The van der Waals surface area contributed by atoms with Gasteiger partial charge in [0, 0.05) is 18.3 Å². The summed E-state index contributed by atoms with van der Waals surface area (Å²) in [6, 6.07) is 10.1. The Labute approximate surface area is 108 Å². The van der Waals surface area contributed by atoms with E-state index in [0.717, 1.165) is 11.3 Å². The molecule has 1 N–H and O–H groups in total. The van der Waals surface area contributed by atoms with Crippen LogP contribution >= 0.6 is 0 Å². The molecule has 2 rings (SSSR count). The second kappa shape index (κ2) is 5.32. The molecule has 2 aromatic rings. The zero-order valence-electron chi connectivity index (χ0n) is 11.1. The Hall–Kier alpha value is -1.67. The van der Waals surface area contributed by atoms with Crippen LogP contribution in [0.5, 0.6) is 0 Å². The van der Waals surface area contributed by atoms with E-state index in [2.05, 4.69) is 37.0 Å². The zero-order chi connectivity index (χ0) is 13.1. The number of aryl methyl sites for hydroxylation is 3. The maximum absolute atomic E-state index is 10.2. The van der Waals surface area contributed by atoms with E-state index in [0.29, 0.717) is 6.42 Å². The average Bonchev–Trinajstić information content (AvgIpc) is 2.34. The number of aromatic nitrogens is 1. The molecule has 0 radical (unpaired) electrons. The largest absolute Gasteiger partial charge is 0.388 e. The lowest BCUT2D eigenvalue weighted by molar-refractivity contribution is 0.178. The maximum atomic E-state index is 10.2. The molecule has 0 aliphatic rings. The summed E-state index contributed by atoms with van der Waals surface area (Å²) in [5, 5.41) is 10.2. The first-order valence-electron chi connectivity index (χ1n) is 6.23. The lowest BCUT2D eigenvalue weighted by Crippen LogP contribution is -2.03. The fraction of sp³-hybridized carbons (Fsp3) is 0.312. The second-order valence-electron chi connectivity index (χ2n) is 4.87. The third kappa shape index (κ3) is 2.96. The molecule has 1 atom stereocenters. The minimum atomic E-state index is -0.464. The number of hydrogen-bond acceptors (Lipinski definition) is 2. The Morgan fingerprint density at radius 2 is 1.83 bits per heavy atom. The first-order chi connectivity index (χ1) is 8.56. The van der Waals surface area contributed by atoms with Gasteiger partial charge in [-0.15, -0.1) is 0 Å². The van der Waals surface area contributed by atoms with Crippen molar-refractivity contribution in [3.63, 3.8) is 0 Å². The van der Waals surface area contributed by atoms with Crippen LogP contribution < -0.4 is 0 Å². The van der Waals surface area contributed by atoms with Crippen LogP contribution in [0.3, 0.4) is 0 Å². The van der Waals surface area contributed by atoms with Crippen LogP contribution in [-0.2, 0) is 6.42 Å². The van der Waals surface area contributed by atoms with Gasteiger partial charge in [-0.2, -0.15) is 0 Å². The molecule has 0 bridgehead atoms. The SMILES string of the molecule is Cc1cc(C(O)Cc2ccc(C)c(C)c2)ccn1. The molecule has 1 aromatic carbocycles. The second-order valence-corrected chi connectivity index (χ2v) is 4.87. The van der Waals surface area contributed by atoms with Gasteiger partial charge in [0.25, 0.3) is 0 Å². The zero-order valence-corrected chi connectivity index (χ0v) is 11.1. The molecule has 0 aliphatic heterocycles. The van der Waals surface area contributed by atoms with Crippen molar-refractivity contribution in [2.24, 2.45) is 0 Å². The molecular weight excluding hydrogens is 222 g/mol. The predicted molar refractivity (Wildman–Crippen MR) is 73.6 cm³/mol. The molecule has 2 heteroatoms. The van der Waals surface area contributed by atoms with Crippen molar-refractivity contribution < 1.29 is 5.11 Å². The van der Waals surface area contributed by atoms with Gasteiger partial charge in [-0.25, -0.2) is 0 Å². The van der Waals surface area contributed by atoms with Crippen molar-refractivity contribution in [1.82, 2.24) is 4.98 Å².